The Kier molecular flexibility index (Phi) is 4.23. The fraction of sp³-hybridized carbons (Fsp3) is 0.562. The van der Waals surface area contributed by atoms with Gasteiger partial charge in [-0.1, -0.05) is 0 Å². The summed E-state index contributed by atoms with van der Waals surface area (Å²) in [5, 5.41) is -0.0963. The zero-order valence-corrected chi connectivity index (χ0v) is 15.5. The number of rotatable bonds is 2. The monoisotopic (exact) mass is 418 g/mol. The number of ether oxygens (including phenoxy) is 1. The molecule has 0 aliphatic carbocycles. The number of hydrogen-bond acceptors (Lipinski definition) is 2. The molecule has 3 rings (SSSR count). The SMILES string of the molecule is CC(Cl)c1nc2cc(I)ccc2n1C1CCOC(C)(C)C1. The molecule has 0 radical (unpaired) electrons. The molecular weight excluding hydrogens is 399 g/mol. The average molecular weight is 419 g/mol. The van der Waals surface area contributed by atoms with Crippen molar-refractivity contribution >= 4 is 45.2 Å². The van der Waals surface area contributed by atoms with Gasteiger partial charge in [0.25, 0.3) is 0 Å². The molecule has 1 aromatic heterocycles. The zero-order chi connectivity index (χ0) is 15.2. The van der Waals surface area contributed by atoms with Gasteiger partial charge in [-0.15, -0.1) is 11.6 Å². The average Bonchev–Trinajstić information content (AvgIpc) is 2.76. The molecule has 1 saturated heterocycles. The van der Waals surface area contributed by atoms with E-state index in [0.29, 0.717) is 6.04 Å². The first-order valence-corrected chi connectivity index (χ1v) is 8.84. The lowest BCUT2D eigenvalue weighted by atomic mass is 9.93. The maximum atomic E-state index is 6.39. The van der Waals surface area contributed by atoms with Gasteiger partial charge in [0.15, 0.2) is 0 Å². The molecule has 1 aliphatic heterocycles. The lowest BCUT2D eigenvalue weighted by molar-refractivity contribution is -0.0688. The summed E-state index contributed by atoms with van der Waals surface area (Å²) in [6.45, 7) is 7.10. The van der Waals surface area contributed by atoms with Crippen LogP contribution >= 0.6 is 34.2 Å². The van der Waals surface area contributed by atoms with Crippen molar-refractivity contribution in [2.45, 2.75) is 50.6 Å². The van der Waals surface area contributed by atoms with Crippen molar-refractivity contribution in [3.8, 4) is 0 Å². The molecule has 1 aliphatic rings. The molecule has 114 valence electrons. The standard InChI is InChI=1S/C16H20ClIN2O/c1-10(17)15-19-13-8-11(18)4-5-14(13)20(15)12-6-7-21-16(2,3)9-12/h4-5,8,10,12H,6-7,9H2,1-3H3. The Morgan fingerprint density at radius 2 is 2.24 bits per heavy atom. The summed E-state index contributed by atoms with van der Waals surface area (Å²) >= 11 is 8.72. The fourth-order valence-electron chi connectivity index (χ4n) is 3.17. The molecule has 1 aromatic carbocycles. The highest BCUT2D eigenvalue weighted by molar-refractivity contribution is 14.1. The Labute approximate surface area is 144 Å². The number of nitrogens with zero attached hydrogens (tertiary/aromatic N) is 2. The second-order valence-electron chi connectivity index (χ2n) is 6.34. The maximum Gasteiger partial charge on any atom is 0.127 e. The van der Waals surface area contributed by atoms with Crippen molar-refractivity contribution in [1.29, 1.82) is 0 Å². The van der Waals surface area contributed by atoms with E-state index in [1.54, 1.807) is 0 Å². The topological polar surface area (TPSA) is 27.1 Å². The normalized spacial score (nSPS) is 23.4. The molecule has 21 heavy (non-hydrogen) atoms. The molecular formula is C16H20ClIN2O. The quantitative estimate of drug-likeness (QED) is 0.503. The van der Waals surface area contributed by atoms with Gasteiger partial charge in [0, 0.05) is 16.2 Å². The Hall–Kier alpha value is -0.330. The lowest BCUT2D eigenvalue weighted by Gasteiger charge is -2.37. The molecule has 2 unspecified atom stereocenters. The summed E-state index contributed by atoms with van der Waals surface area (Å²) in [7, 11) is 0. The van der Waals surface area contributed by atoms with Crippen LogP contribution in [-0.2, 0) is 4.74 Å². The largest absolute Gasteiger partial charge is 0.375 e. The second-order valence-corrected chi connectivity index (χ2v) is 8.24. The predicted molar refractivity (Wildman–Crippen MR) is 95.0 cm³/mol. The van der Waals surface area contributed by atoms with Crippen LogP contribution < -0.4 is 0 Å². The molecule has 2 aromatic rings. The lowest BCUT2D eigenvalue weighted by Crippen LogP contribution is -2.35. The van der Waals surface area contributed by atoms with E-state index in [4.69, 9.17) is 21.3 Å². The van der Waals surface area contributed by atoms with Gasteiger partial charge in [-0.3, -0.25) is 0 Å². The minimum Gasteiger partial charge on any atom is -0.375 e. The summed E-state index contributed by atoms with van der Waals surface area (Å²) in [6.07, 6.45) is 2.00. The predicted octanol–water partition coefficient (Wildman–Crippen LogP) is 5.07. The van der Waals surface area contributed by atoms with Gasteiger partial charge in [-0.25, -0.2) is 4.98 Å². The van der Waals surface area contributed by atoms with Gasteiger partial charge in [0.1, 0.15) is 5.82 Å². The summed E-state index contributed by atoms with van der Waals surface area (Å²) in [5.74, 6) is 0.969. The molecule has 0 amide bonds. The molecule has 0 N–H and O–H groups in total. The third-order valence-electron chi connectivity index (χ3n) is 4.07. The van der Waals surface area contributed by atoms with Crippen molar-refractivity contribution in [2.24, 2.45) is 0 Å². The van der Waals surface area contributed by atoms with Crippen molar-refractivity contribution in [2.75, 3.05) is 6.61 Å². The highest BCUT2D eigenvalue weighted by atomic mass is 127. The Morgan fingerprint density at radius 1 is 1.48 bits per heavy atom. The molecule has 2 atom stereocenters. The van der Waals surface area contributed by atoms with E-state index in [1.807, 2.05) is 6.92 Å². The van der Waals surface area contributed by atoms with Gasteiger partial charge < -0.3 is 9.30 Å². The zero-order valence-electron chi connectivity index (χ0n) is 12.6. The Morgan fingerprint density at radius 3 is 2.90 bits per heavy atom. The third kappa shape index (κ3) is 3.08. The molecule has 2 heterocycles. The van der Waals surface area contributed by atoms with Gasteiger partial charge in [0.05, 0.1) is 22.0 Å². The summed E-state index contributed by atoms with van der Waals surface area (Å²) in [6, 6.07) is 6.82. The second kappa shape index (κ2) is 5.70. The third-order valence-corrected chi connectivity index (χ3v) is 4.94. The summed E-state index contributed by atoms with van der Waals surface area (Å²) in [4.78, 5) is 4.78. The smallest absolute Gasteiger partial charge is 0.127 e. The number of imidazole rings is 1. The van der Waals surface area contributed by atoms with Crippen LogP contribution in [-0.4, -0.2) is 21.8 Å². The number of fused-ring (bicyclic) bond motifs is 1. The van der Waals surface area contributed by atoms with E-state index in [1.165, 1.54) is 9.09 Å². The van der Waals surface area contributed by atoms with Gasteiger partial charge in [-0.2, -0.15) is 0 Å². The van der Waals surface area contributed by atoms with Gasteiger partial charge >= 0.3 is 0 Å². The number of alkyl halides is 1. The molecule has 5 heteroatoms. The van der Waals surface area contributed by atoms with E-state index in [9.17, 15) is 0 Å². The first-order valence-electron chi connectivity index (χ1n) is 7.33. The molecule has 1 fully saturated rings. The first kappa shape index (κ1) is 15.6. The Bertz CT molecular complexity index is 666. The molecule has 0 bridgehead atoms. The minimum absolute atomic E-state index is 0.0878. The summed E-state index contributed by atoms with van der Waals surface area (Å²) < 4.78 is 9.40. The van der Waals surface area contributed by atoms with E-state index in [0.717, 1.165) is 30.8 Å². The van der Waals surface area contributed by atoms with Crippen LogP contribution in [0.1, 0.15) is 50.9 Å². The molecule has 3 nitrogen and oxygen atoms in total. The highest BCUT2D eigenvalue weighted by Crippen LogP contribution is 2.37. The summed E-state index contributed by atoms with van der Waals surface area (Å²) in [5.41, 5.74) is 2.13. The van der Waals surface area contributed by atoms with Crippen molar-refractivity contribution in [3.63, 3.8) is 0 Å². The van der Waals surface area contributed by atoms with E-state index in [2.05, 4.69) is 59.2 Å². The van der Waals surface area contributed by atoms with Gasteiger partial charge in [-0.05, 0) is 74.4 Å². The fourth-order valence-corrected chi connectivity index (χ4v) is 3.80. The van der Waals surface area contributed by atoms with E-state index in [-0.39, 0.29) is 11.0 Å². The van der Waals surface area contributed by atoms with Gasteiger partial charge in [0.2, 0.25) is 0 Å². The highest BCUT2D eigenvalue weighted by Gasteiger charge is 2.32. The number of halogens is 2. The molecule has 0 spiro atoms. The number of hydrogen-bond donors (Lipinski definition) is 0. The first-order chi connectivity index (χ1) is 9.87. The van der Waals surface area contributed by atoms with Crippen LogP contribution in [0.5, 0.6) is 0 Å². The van der Waals surface area contributed by atoms with Crippen molar-refractivity contribution in [1.82, 2.24) is 9.55 Å². The number of benzene rings is 1. The van der Waals surface area contributed by atoms with Crippen LogP contribution in [0.4, 0.5) is 0 Å². The number of aromatic nitrogens is 2. The van der Waals surface area contributed by atoms with Crippen LogP contribution in [0.15, 0.2) is 18.2 Å². The van der Waals surface area contributed by atoms with Crippen LogP contribution in [0.3, 0.4) is 0 Å². The van der Waals surface area contributed by atoms with Crippen LogP contribution in [0.25, 0.3) is 11.0 Å². The van der Waals surface area contributed by atoms with E-state index < -0.39 is 0 Å². The minimum atomic E-state index is -0.0963. The van der Waals surface area contributed by atoms with Crippen molar-refractivity contribution < 1.29 is 4.74 Å². The van der Waals surface area contributed by atoms with Crippen LogP contribution in [0.2, 0.25) is 0 Å². The van der Waals surface area contributed by atoms with Crippen molar-refractivity contribution in [3.05, 3.63) is 27.6 Å². The van der Waals surface area contributed by atoms with E-state index >= 15 is 0 Å². The maximum absolute atomic E-state index is 6.39. The molecule has 0 saturated carbocycles. The Balaban J connectivity index is 2.13. The van der Waals surface area contributed by atoms with Crippen LogP contribution in [0, 0.1) is 3.57 Å².